The van der Waals surface area contributed by atoms with E-state index in [1.165, 1.54) is 12.1 Å². The minimum atomic E-state index is -4.60. The zero-order valence-electron chi connectivity index (χ0n) is 14.9. The van der Waals surface area contributed by atoms with Crippen LogP contribution in [0.4, 0.5) is 24.5 Å². The number of nitrogens with zero attached hydrogens (tertiary/aromatic N) is 1. The van der Waals surface area contributed by atoms with Crippen molar-refractivity contribution in [3.8, 4) is 5.75 Å². The second kappa shape index (κ2) is 7.75. The Morgan fingerprint density at radius 1 is 1.18 bits per heavy atom. The molecule has 0 saturated heterocycles. The molecule has 1 aromatic heterocycles. The highest BCUT2D eigenvalue weighted by molar-refractivity contribution is 6.06. The van der Waals surface area contributed by atoms with Crippen LogP contribution in [0.1, 0.15) is 29.3 Å². The van der Waals surface area contributed by atoms with Gasteiger partial charge in [-0.15, -0.1) is 0 Å². The lowest BCUT2D eigenvalue weighted by Gasteiger charge is -2.16. The molecular formula is C20H17F3N2O3. The predicted octanol–water partition coefficient (Wildman–Crippen LogP) is 5.48. The molecule has 146 valence electrons. The number of fused-ring (bicyclic) bond motifs is 1. The van der Waals surface area contributed by atoms with Gasteiger partial charge in [0, 0.05) is 17.3 Å². The fourth-order valence-corrected chi connectivity index (χ4v) is 2.75. The third kappa shape index (κ3) is 4.00. The SMILES string of the molecule is CCCOc1ccc(Nc2c(C(=O)O)cnc3c(C(F)(F)F)cccc23)cc1. The van der Waals surface area contributed by atoms with E-state index < -0.39 is 17.7 Å². The quantitative estimate of drug-likeness (QED) is 0.583. The maximum Gasteiger partial charge on any atom is 0.418 e. The van der Waals surface area contributed by atoms with E-state index in [1.54, 1.807) is 24.3 Å². The van der Waals surface area contributed by atoms with E-state index in [2.05, 4.69) is 10.3 Å². The van der Waals surface area contributed by atoms with Crippen molar-refractivity contribution in [1.82, 2.24) is 4.98 Å². The van der Waals surface area contributed by atoms with Gasteiger partial charge in [0.2, 0.25) is 0 Å². The number of anilines is 2. The molecule has 5 nitrogen and oxygen atoms in total. The molecule has 0 fully saturated rings. The summed E-state index contributed by atoms with van der Waals surface area (Å²) in [4.78, 5) is 15.3. The van der Waals surface area contributed by atoms with Gasteiger partial charge < -0.3 is 15.2 Å². The first-order valence-corrected chi connectivity index (χ1v) is 8.53. The number of benzene rings is 2. The second-order valence-corrected chi connectivity index (χ2v) is 6.05. The molecule has 0 aliphatic carbocycles. The average Bonchev–Trinajstić information content (AvgIpc) is 2.66. The number of alkyl halides is 3. The number of carbonyl (C=O) groups is 1. The number of aromatic carboxylic acids is 1. The maximum atomic E-state index is 13.3. The lowest BCUT2D eigenvalue weighted by molar-refractivity contribution is -0.136. The van der Waals surface area contributed by atoms with Crippen LogP contribution in [0, 0.1) is 0 Å². The van der Waals surface area contributed by atoms with Crippen molar-refractivity contribution in [3.05, 3.63) is 59.8 Å². The van der Waals surface area contributed by atoms with Gasteiger partial charge in [-0.2, -0.15) is 13.2 Å². The Hall–Kier alpha value is -3.29. The van der Waals surface area contributed by atoms with Crippen LogP contribution >= 0.6 is 0 Å². The highest BCUT2D eigenvalue weighted by atomic mass is 19.4. The van der Waals surface area contributed by atoms with Crippen LogP contribution in [-0.2, 0) is 6.18 Å². The van der Waals surface area contributed by atoms with Crippen LogP contribution in [0.5, 0.6) is 5.75 Å². The fourth-order valence-electron chi connectivity index (χ4n) is 2.75. The number of carboxylic acids is 1. The number of pyridine rings is 1. The Kier molecular flexibility index (Phi) is 5.39. The standard InChI is InChI=1S/C20H17F3N2O3/c1-2-10-28-13-8-6-12(7-9-13)25-17-14-4-3-5-16(20(21,22)23)18(14)24-11-15(17)19(26)27/h3-9,11H,2,10H2,1H3,(H,24,25)(H,26,27). The molecule has 3 aromatic rings. The van der Waals surface area contributed by atoms with Gasteiger partial charge in [-0.25, -0.2) is 4.79 Å². The van der Waals surface area contributed by atoms with Crippen LogP contribution < -0.4 is 10.1 Å². The molecule has 0 atom stereocenters. The summed E-state index contributed by atoms with van der Waals surface area (Å²) in [6, 6.07) is 10.3. The Bertz CT molecular complexity index is 1000. The first kappa shape index (κ1) is 19.5. The molecule has 0 aliphatic heterocycles. The molecule has 0 unspecified atom stereocenters. The lowest BCUT2D eigenvalue weighted by atomic mass is 10.0. The zero-order valence-corrected chi connectivity index (χ0v) is 14.9. The van der Waals surface area contributed by atoms with Gasteiger partial charge in [0.25, 0.3) is 0 Å². The van der Waals surface area contributed by atoms with Gasteiger partial charge >= 0.3 is 12.1 Å². The van der Waals surface area contributed by atoms with E-state index >= 15 is 0 Å². The molecule has 0 radical (unpaired) electrons. The third-order valence-corrected chi connectivity index (χ3v) is 4.03. The molecule has 0 spiro atoms. The Balaban J connectivity index is 2.08. The number of ether oxygens (including phenoxy) is 1. The van der Waals surface area contributed by atoms with Crippen LogP contribution in [0.25, 0.3) is 10.9 Å². The summed E-state index contributed by atoms with van der Waals surface area (Å²) in [5.41, 5.74) is -0.904. The topological polar surface area (TPSA) is 71.5 Å². The number of hydrogen-bond acceptors (Lipinski definition) is 4. The maximum absolute atomic E-state index is 13.3. The van der Waals surface area contributed by atoms with Crippen molar-refractivity contribution in [2.75, 3.05) is 11.9 Å². The smallest absolute Gasteiger partial charge is 0.418 e. The van der Waals surface area contributed by atoms with Crippen molar-refractivity contribution >= 4 is 28.2 Å². The summed E-state index contributed by atoms with van der Waals surface area (Å²) in [6.07, 6.45) is -2.82. The van der Waals surface area contributed by atoms with Gasteiger partial charge in [-0.3, -0.25) is 4.98 Å². The predicted molar refractivity (Wildman–Crippen MR) is 99.2 cm³/mol. The minimum Gasteiger partial charge on any atom is -0.494 e. The van der Waals surface area contributed by atoms with Gasteiger partial charge in [-0.05, 0) is 36.8 Å². The van der Waals surface area contributed by atoms with Crippen LogP contribution in [0.15, 0.2) is 48.7 Å². The molecule has 1 heterocycles. The number of aromatic nitrogens is 1. The van der Waals surface area contributed by atoms with Gasteiger partial charge in [0.1, 0.15) is 11.3 Å². The minimum absolute atomic E-state index is 0.0471. The van der Waals surface area contributed by atoms with Crippen molar-refractivity contribution in [1.29, 1.82) is 0 Å². The van der Waals surface area contributed by atoms with E-state index in [1.807, 2.05) is 6.92 Å². The normalized spacial score (nSPS) is 11.4. The molecule has 3 rings (SSSR count). The largest absolute Gasteiger partial charge is 0.494 e. The summed E-state index contributed by atoms with van der Waals surface area (Å²) >= 11 is 0. The van der Waals surface area contributed by atoms with Crippen LogP contribution in [-0.4, -0.2) is 22.7 Å². The van der Waals surface area contributed by atoms with Crippen molar-refractivity contribution in [2.24, 2.45) is 0 Å². The highest BCUT2D eigenvalue weighted by Crippen LogP contribution is 2.37. The lowest BCUT2D eigenvalue weighted by Crippen LogP contribution is -2.09. The van der Waals surface area contributed by atoms with E-state index in [-0.39, 0.29) is 22.2 Å². The molecule has 0 aliphatic rings. The van der Waals surface area contributed by atoms with Crippen molar-refractivity contribution in [3.63, 3.8) is 0 Å². The molecule has 0 saturated carbocycles. The second-order valence-electron chi connectivity index (χ2n) is 6.05. The Morgan fingerprint density at radius 2 is 1.89 bits per heavy atom. The summed E-state index contributed by atoms with van der Waals surface area (Å²) in [6.45, 7) is 2.54. The third-order valence-electron chi connectivity index (χ3n) is 4.03. The number of para-hydroxylation sites is 1. The van der Waals surface area contributed by atoms with E-state index in [0.717, 1.165) is 18.7 Å². The molecule has 0 bridgehead atoms. The number of nitrogens with one attached hydrogen (secondary N) is 1. The molecular weight excluding hydrogens is 373 g/mol. The van der Waals surface area contributed by atoms with Gasteiger partial charge in [0.15, 0.2) is 0 Å². The number of hydrogen-bond donors (Lipinski definition) is 2. The molecule has 2 aromatic carbocycles. The fraction of sp³-hybridized carbons (Fsp3) is 0.200. The summed E-state index contributed by atoms with van der Waals surface area (Å²) < 4.78 is 45.4. The molecule has 28 heavy (non-hydrogen) atoms. The van der Waals surface area contributed by atoms with Crippen molar-refractivity contribution < 1.29 is 27.8 Å². The highest BCUT2D eigenvalue weighted by Gasteiger charge is 2.34. The van der Waals surface area contributed by atoms with E-state index in [0.29, 0.717) is 18.0 Å². The summed E-state index contributed by atoms with van der Waals surface area (Å²) in [5, 5.41) is 12.4. The zero-order chi connectivity index (χ0) is 20.3. The number of halogens is 3. The first-order chi connectivity index (χ1) is 13.3. The summed E-state index contributed by atoms with van der Waals surface area (Å²) in [5.74, 6) is -0.651. The molecule has 2 N–H and O–H groups in total. The van der Waals surface area contributed by atoms with Gasteiger partial charge in [-0.1, -0.05) is 19.1 Å². The van der Waals surface area contributed by atoms with Crippen LogP contribution in [0.3, 0.4) is 0 Å². The first-order valence-electron chi connectivity index (χ1n) is 8.53. The van der Waals surface area contributed by atoms with Gasteiger partial charge in [0.05, 0.1) is 23.4 Å². The Morgan fingerprint density at radius 3 is 2.50 bits per heavy atom. The van der Waals surface area contributed by atoms with E-state index in [4.69, 9.17) is 4.74 Å². The number of carboxylic acid groups (broad SMARTS) is 1. The monoisotopic (exact) mass is 390 g/mol. The Labute approximate surface area is 158 Å². The van der Waals surface area contributed by atoms with E-state index in [9.17, 15) is 23.1 Å². The average molecular weight is 390 g/mol. The van der Waals surface area contributed by atoms with Crippen molar-refractivity contribution in [2.45, 2.75) is 19.5 Å². The summed E-state index contributed by atoms with van der Waals surface area (Å²) in [7, 11) is 0. The van der Waals surface area contributed by atoms with Crippen LogP contribution in [0.2, 0.25) is 0 Å². The number of rotatable bonds is 6. The molecule has 8 heteroatoms. The molecule has 0 amide bonds.